The van der Waals surface area contributed by atoms with Gasteiger partial charge in [0, 0.05) is 13.1 Å². The Morgan fingerprint density at radius 1 is 1.29 bits per heavy atom. The lowest BCUT2D eigenvalue weighted by Crippen LogP contribution is -2.45. The normalized spacial score (nSPS) is 29.1. The Bertz CT molecular complexity index is 302. The molecule has 1 amide bonds. The molecule has 0 aromatic heterocycles. The number of nitrogens with zero attached hydrogens (tertiary/aromatic N) is 1. The molecule has 0 N–H and O–H groups in total. The molecule has 2 rings (SSSR count). The maximum absolute atomic E-state index is 12.2. The third-order valence-electron chi connectivity index (χ3n) is 3.47. The zero-order chi connectivity index (χ0) is 12.3. The lowest BCUT2D eigenvalue weighted by atomic mass is 9.98. The molecule has 2 aliphatic rings. The lowest BCUT2D eigenvalue weighted by Gasteiger charge is -2.32. The summed E-state index contributed by atoms with van der Waals surface area (Å²) < 4.78 is 4.76. The van der Waals surface area contributed by atoms with E-state index in [1.807, 2.05) is 4.90 Å². The minimum Gasteiger partial charge on any atom is -0.469 e. The van der Waals surface area contributed by atoms with E-state index in [1.54, 1.807) is 11.8 Å². The van der Waals surface area contributed by atoms with Crippen LogP contribution in [0.15, 0.2) is 0 Å². The number of ether oxygens (including phenoxy) is 1. The summed E-state index contributed by atoms with van der Waals surface area (Å²) in [6, 6.07) is 0. The number of likely N-dealkylation sites (tertiary alicyclic amines) is 1. The number of amides is 1. The van der Waals surface area contributed by atoms with Gasteiger partial charge in [-0.15, -0.1) is 11.8 Å². The molecule has 4 nitrogen and oxygen atoms in total. The van der Waals surface area contributed by atoms with E-state index < -0.39 is 0 Å². The van der Waals surface area contributed by atoms with Crippen molar-refractivity contribution in [2.75, 3.05) is 26.0 Å². The number of thioether (sulfide) groups is 1. The second-order valence-corrected chi connectivity index (χ2v) is 5.96. The minimum absolute atomic E-state index is 0.121. The highest BCUT2D eigenvalue weighted by atomic mass is 32.2. The van der Waals surface area contributed by atoms with Gasteiger partial charge in [-0.25, -0.2) is 0 Å². The maximum Gasteiger partial charge on any atom is 0.310 e. The number of esters is 1. The Morgan fingerprint density at radius 3 is 2.76 bits per heavy atom. The van der Waals surface area contributed by atoms with Crippen LogP contribution in [0, 0.1) is 5.92 Å². The van der Waals surface area contributed by atoms with Crippen molar-refractivity contribution >= 4 is 23.6 Å². The standard InChI is InChI=1S/C12H19NO3S/c1-16-12(15)9-4-2-6-13(8-9)11(14)10-5-3-7-17-10/h9-10H,2-8H2,1H3/t9-,10?/m0/s1. The van der Waals surface area contributed by atoms with E-state index in [1.165, 1.54) is 7.11 Å². The highest BCUT2D eigenvalue weighted by molar-refractivity contribution is 8.00. The van der Waals surface area contributed by atoms with E-state index in [9.17, 15) is 9.59 Å². The van der Waals surface area contributed by atoms with Crippen molar-refractivity contribution in [1.29, 1.82) is 0 Å². The fraction of sp³-hybridized carbons (Fsp3) is 0.833. The Balaban J connectivity index is 1.92. The molecule has 2 heterocycles. The average Bonchev–Trinajstić information content (AvgIpc) is 2.91. The van der Waals surface area contributed by atoms with Gasteiger partial charge in [0.1, 0.15) is 0 Å². The Morgan fingerprint density at radius 2 is 2.12 bits per heavy atom. The number of carbonyl (C=O) groups excluding carboxylic acids is 2. The number of piperidine rings is 1. The number of hydrogen-bond acceptors (Lipinski definition) is 4. The molecule has 5 heteroatoms. The monoisotopic (exact) mass is 257 g/mol. The van der Waals surface area contributed by atoms with Crippen LogP contribution in [0.2, 0.25) is 0 Å². The summed E-state index contributed by atoms with van der Waals surface area (Å²) in [4.78, 5) is 25.6. The molecule has 96 valence electrons. The van der Waals surface area contributed by atoms with Gasteiger partial charge in [0.25, 0.3) is 0 Å². The SMILES string of the molecule is COC(=O)[C@H]1CCCN(C(=O)C2CCCS2)C1. The van der Waals surface area contributed by atoms with Gasteiger partial charge in [-0.1, -0.05) is 0 Å². The van der Waals surface area contributed by atoms with E-state index in [-0.39, 0.29) is 23.0 Å². The molecule has 2 saturated heterocycles. The van der Waals surface area contributed by atoms with Gasteiger partial charge in [-0.05, 0) is 31.4 Å². The molecule has 2 atom stereocenters. The first-order valence-corrected chi connectivity index (χ1v) is 7.25. The van der Waals surface area contributed by atoms with Gasteiger partial charge >= 0.3 is 5.97 Å². The zero-order valence-electron chi connectivity index (χ0n) is 10.2. The number of methoxy groups -OCH3 is 1. The lowest BCUT2D eigenvalue weighted by molar-refractivity contribution is -0.148. The van der Waals surface area contributed by atoms with E-state index in [4.69, 9.17) is 4.74 Å². The van der Waals surface area contributed by atoms with E-state index in [0.29, 0.717) is 6.54 Å². The first kappa shape index (κ1) is 12.7. The van der Waals surface area contributed by atoms with Crippen LogP contribution in [-0.4, -0.2) is 48.0 Å². The predicted molar refractivity (Wildman–Crippen MR) is 66.8 cm³/mol. The quantitative estimate of drug-likeness (QED) is 0.699. The third-order valence-corrected chi connectivity index (χ3v) is 4.84. The fourth-order valence-corrected chi connectivity index (χ4v) is 3.76. The van der Waals surface area contributed by atoms with Crippen molar-refractivity contribution in [3.8, 4) is 0 Å². The predicted octanol–water partition coefficient (Wildman–Crippen LogP) is 1.29. The molecule has 0 radical (unpaired) electrons. The summed E-state index contributed by atoms with van der Waals surface area (Å²) in [7, 11) is 1.41. The molecule has 0 saturated carbocycles. The largest absolute Gasteiger partial charge is 0.469 e. The molecule has 0 aromatic carbocycles. The molecular weight excluding hydrogens is 238 g/mol. The second kappa shape index (κ2) is 5.76. The molecule has 17 heavy (non-hydrogen) atoms. The maximum atomic E-state index is 12.2. The van der Waals surface area contributed by atoms with Crippen molar-refractivity contribution in [3.05, 3.63) is 0 Å². The molecule has 0 spiro atoms. The van der Waals surface area contributed by atoms with Gasteiger partial charge in [0.15, 0.2) is 0 Å². The zero-order valence-corrected chi connectivity index (χ0v) is 11.0. The molecule has 0 bridgehead atoms. The van der Waals surface area contributed by atoms with Crippen LogP contribution in [-0.2, 0) is 14.3 Å². The van der Waals surface area contributed by atoms with E-state index >= 15 is 0 Å². The third kappa shape index (κ3) is 2.94. The second-order valence-electron chi connectivity index (χ2n) is 4.65. The molecule has 0 aliphatic carbocycles. The van der Waals surface area contributed by atoms with Crippen LogP contribution >= 0.6 is 11.8 Å². The summed E-state index contributed by atoms with van der Waals surface area (Å²) in [6.45, 7) is 1.34. The van der Waals surface area contributed by atoms with Crippen LogP contribution in [0.1, 0.15) is 25.7 Å². The van der Waals surface area contributed by atoms with Crippen molar-refractivity contribution in [2.45, 2.75) is 30.9 Å². The summed E-state index contributed by atoms with van der Waals surface area (Å²) in [5.41, 5.74) is 0. The molecule has 2 aliphatic heterocycles. The van der Waals surface area contributed by atoms with Crippen LogP contribution in [0.25, 0.3) is 0 Å². The summed E-state index contributed by atoms with van der Waals surface area (Å²) in [5, 5.41) is 0.131. The average molecular weight is 257 g/mol. The molecule has 0 aromatic rings. The van der Waals surface area contributed by atoms with Crippen LogP contribution in [0.5, 0.6) is 0 Å². The molecule has 1 unspecified atom stereocenters. The van der Waals surface area contributed by atoms with Crippen molar-refractivity contribution in [2.24, 2.45) is 5.92 Å². The van der Waals surface area contributed by atoms with Gasteiger partial charge in [0.05, 0.1) is 18.3 Å². The van der Waals surface area contributed by atoms with Crippen LogP contribution < -0.4 is 0 Å². The van der Waals surface area contributed by atoms with Crippen molar-refractivity contribution < 1.29 is 14.3 Å². The number of hydrogen-bond donors (Lipinski definition) is 0. The smallest absolute Gasteiger partial charge is 0.310 e. The first-order valence-electron chi connectivity index (χ1n) is 6.20. The van der Waals surface area contributed by atoms with Gasteiger partial charge in [-0.2, -0.15) is 0 Å². The van der Waals surface area contributed by atoms with Crippen molar-refractivity contribution in [1.82, 2.24) is 4.90 Å². The topological polar surface area (TPSA) is 46.6 Å². The number of carbonyl (C=O) groups is 2. The highest BCUT2D eigenvalue weighted by Crippen LogP contribution is 2.29. The van der Waals surface area contributed by atoms with Crippen LogP contribution in [0.4, 0.5) is 0 Å². The van der Waals surface area contributed by atoms with Crippen LogP contribution in [0.3, 0.4) is 0 Å². The highest BCUT2D eigenvalue weighted by Gasteiger charge is 2.33. The van der Waals surface area contributed by atoms with E-state index in [2.05, 4.69) is 0 Å². The van der Waals surface area contributed by atoms with E-state index in [0.717, 1.165) is 38.0 Å². The Labute approximate surface area is 106 Å². The Hall–Kier alpha value is -0.710. The van der Waals surface area contributed by atoms with Gasteiger partial charge < -0.3 is 9.64 Å². The summed E-state index contributed by atoms with van der Waals surface area (Å²) in [5.74, 6) is 1.01. The van der Waals surface area contributed by atoms with Gasteiger partial charge in [0.2, 0.25) is 5.91 Å². The summed E-state index contributed by atoms with van der Waals surface area (Å²) >= 11 is 1.75. The molecular formula is C12H19NO3S. The molecule has 2 fully saturated rings. The summed E-state index contributed by atoms with van der Waals surface area (Å²) in [6.07, 6.45) is 3.87. The first-order chi connectivity index (χ1) is 8.22. The fourth-order valence-electron chi connectivity index (χ4n) is 2.51. The van der Waals surface area contributed by atoms with Gasteiger partial charge in [-0.3, -0.25) is 9.59 Å². The minimum atomic E-state index is -0.179. The number of rotatable bonds is 2. The van der Waals surface area contributed by atoms with Crippen molar-refractivity contribution in [3.63, 3.8) is 0 Å². The Kier molecular flexibility index (Phi) is 4.31.